The summed E-state index contributed by atoms with van der Waals surface area (Å²) in [4.78, 5) is 16.7. The Bertz CT molecular complexity index is 669. The van der Waals surface area contributed by atoms with Crippen LogP contribution >= 0.6 is 11.6 Å². The SMILES string of the molecule is O=c1cc(C(F)(F)F)nc(NCc2cccc(Cl)c2)[nH]1. The second-order valence-electron chi connectivity index (χ2n) is 3.96. The maximum Gasteiger partial charge on any atom is 0.433 e. The van der Waals surface area contributed by atoms with Crippen molar-refractivity contribution in [3.8, 4) is 0 Å². The van der Waals surface area contributed by atoms with Gasteiger partial charge in [0.05, 0.1) is 0 Å². The summed E-state index contributed by atoms with van der Waals surface area (Å²) < 4.78 is 37.5. The molecule has 1 heterocycles. The molecule has 2 rings (SSSR count). The highest BCUT2D eigenvalue weighted by molar-refractivity contribution is 6.30. The van der Waals surface area contributed by atoms with Crippen molar-refractivity contribution in [3.05, 3.63) is 57.0 Å². The Labute approximate surface area is 116 Å². The minimum atomic E-state index is -4.67. The van der Waals surface area contributed by atoms with Gasteiger partial charge < -0.3 is 5.32 Å². The Morgan fingerprint density at radius 3 is 2.70 bits per heavy atom. The fraction of sp³-hybridized carbons (Fsp3) is 0.167. The molecule has 0 atom stereocenters. The number of hydrogen-bond acceptors (Lipinski definition) is 3. The number of alkyl halides is 3. The highest BCUT2D eigenvalue weighted by atomic mass is 35.5. The fourth-order valence-corrected chi connectivity index (χ4v) is 1.73. The zero-order chi connectivity index (χ0) is 14.8. The van der Waals surface area contributed by atoms with Crippen molar-refractivity contribution in [3.63, 3.8) is 0 Å². The van der Waals surface area contributed by atoms with Gasteiger partial charge in [0.2, 0.25) is 5.95 Å². The predicted octanol–water partition coefficient (Wildman–Crippen LogP) is 3.05. The monoisotopic (exact) mass is 303 g/mol. The Morgan fingerprint density at radius 2 is 2.05 bits per heavy atom. The third-order valence-electron chi connectivity index (χ3n) is 2.38. The molecule has 4 nitrogen and oxygen atoms in total. The van der Waals surface area contributed by atoms with E-state index in [-0.39, 0.29) is 12.5 Å². The van der Waals surface area contributed by atoms with Crippen molar-refractivity contribution in [2.75, 3.05) is 5.32 Å². The van der Waals surface area contributed by atoms with E-state index in [1.165, 1.54) is 0 Å². The zero-order valence-corrected chi connectivity index (χ0v) is 10.7. The van der Waals surface area contributed by atoms with Crippen LogP contribution in [0.3, 0.4) is 0 Å². The number of anilines is 1. The highest BCUT2D eigenvalue weighted by Gasteiger charge is 2.33. The van der Waals surface area contributed by atoms with Crippen molar-refractivity contribution >= 4 is 17.5 Å². The van der Waals surface area contributed by atoms with E-state index in [4.69, 9.17) is 11.6 Å². The van der Waals surface area contributed by atoms with Crippen molar-refractivity contribution < 1.29 is 13.2 Å². The number of aromatic amines is 1. The Balaban J connectivity index is 2.18. The number of hydrogen-bond donors (Lipinski definition) is 2. The van der Waals surface area contributed by atoms with Gasteiger partial charge in [0.25, 0.3) is 5.56 Å². The van der Waals surface area contributed by atoms with Crippen molar-refractivity contribution in [2.24, 2.45) is 0 Å². The average Bonchev–Trinajstić information content (AvgIpc) is 2.35. The van der Waals surface area contributed by atoms with Gasteiger partial charge in [0.1, 0.15) is 0 Å². The lowest BCUT2D eigenvalue weighted by Crippen LogP contribution is -2.18. The summed E-state index contributed by atoms with van der Waals surface area (Å²) in [6.45, 7) is 0.185. The van der Waals surface area contributed by atoms with E-state index in [2.05, 4.69) is 15.3 Å². The van der Waals surface area contributed by atoms with Gasteiger partial charge in [-0.05, 0) is 17.7 Å². The van der Waals surface area contributed by atoms with Crippen molar-refractivity contribution in [2.45, 2.75) is 12.7 Å². The highest BCUT2D eigenvalue weighted by Crippen LogP contribution is 2.26. The molecule has 0 unspecified atom stereocenters. The lowest BCUT2D eigenvalue weighted by molar-refractivity contribution is -0.141. The molecule has 0 aliphatic heterocycles. The molecule has 0 amide bonds. The third kappa shape index (κ3) is 3.74. The van der Waals surface area contributed by atoms with Gasteiger partial charge in [-0.3, -0.25) is 9.78 Å². The molecule has 0 aliphatic carbocycles. The number of rotatable bonds is 3. The van der Waals surface area contributed by atoms with Gasteiger partial charge in [-0.2, -0.15) is 13.2 Å². The molecule has 0 spiro atoms. The molecular weight excluding hydrogens is 295 g/mol. The van der Waals surface area contributed by atoms with Crippen LogP contribution in [0.5, 0.6) is 0 Å². The summed E-state index contributed by atoms with van der Waals surface area (Å²) in [6.07, 6.45) is -4.67. The maximum atomic E-state index is 12.5. The van der Waals surface area contributed by atoms with Crippen molar-refractivity contribution in [1.29, 1.82) is 0 Å². The van der Waals surface area contributed by atoms with Gasteiger partial charge in [-0.25, -0.2) is 4.98 Å². The summed E-state index contributed by atoms with van der Waals surface area (Å²) in [5, 5.41) is 3.13. The van der Waals surface area contributed by atoms with Gasteiger partial charge >= 0.3 is 6.18 Å². The standard InChI is InChI=1S/C12H9ClF3N3O/c13-8-3-1-2-7(4-8)6-17-11-18-9(12(14,15)16)5-10(20)19-11/h1-5H,6H2,(H2,17,18,19,20). The topological polar surface area (TPSA) is 57.8 Å². The number of halogens is 4. The number of nitrogens with one attached hydrogen (secondary N) is 2. The van der Waals surface area contributed by atoms with Crippen LogP contribution in [-0.4, -0.2) is 9.97 Å². The van der Waals surface area contributed by atoms with Crippen LogP contribution in [0.2, 0.25) is 5.02 Å². The summed E-state index contributed by atoms with van der Waals surface area (Å²) in [7, 11) is 0. The molecule has 2 N–H and O–H groups in total. The normalized spacial score (nSPS) is 11.4. The quantitative estimate of drug-likeness (QED) is 0.916. The number of H-pyrrole nitrogens is 1. The van der Waals surface area contributed by atoms with Gasteiger partial charge in [0.15, 0.2) is 5.69 Å². The van der Waals surface area contributed by atoms with E-state index in [1.807, 2.05) is 0 Å². The third-order valence-corrected chi connectivity index (χ3v) is 2.62. The molecule has 0 saturated carbocycles. The molecular formula is C12H9ClF3N3O. The molecule has 0 fully saturated rings. The van der Waals surface area contributed by atoms with Crippen LogP contribution < -0.4 is 10.9 Å². The van der Waals surface area contributed by atoms with Crippen LogP contribution in [0.4, 0.5) is 19.1 Å². The molecule has 0 radical (unpaired) electrons. The number of aromatic nitrogens is 2. The van der Waals surface area contributed by atoms with E-state index >= 15 is 0 Å². The summed E-state index contributed by atoms with van der Waals surface area (Å²) in [5.41, 5.74) is -1.37. The fourth-order valence-electron chi connectivity index (χ4n) is 1.52. The van der Waals surface area contributed by atoms with Crippen molar-refractivity contribution in [1.82, 2.24) is 9.97 Å². The van der Waals surface area contributed by atoms with Crippen LogP contribution in [0.15, 0.2) is 35.1 Å². The Hall–Kier alpha value is -2.02. The van der Waals surface area contributed by atoms with Gasteiger partial charge in [0, 0.05) is 17.6 Å². The minimum Gasteiger partial charge on any atom is -0.352 e. The van der Waals surface area contributed by atoms with E-state index in [9.17, 15) is 18.0 Å². The molecule has 0 bridgehead atoms. The molecule has 0 saturated heterocycles. The molecule has 1 aromatic carbocycles. The average molecular weight is 304 g/mol. The molecule has 2 aromatic rings. The van der Waals surface area contributed by atoms with Crippen LogP contribution in [0.1, 0.15) is 11.3 Å². The van der Waals surface area contributed by atoms with Gasteiger partial charge in [-0.15, -0.1) is 0 Å². The van der Waals surface area contributed by atoms with E-state index in [0.29, 0.717) is 11.1 Å². The molecule has 20 heavy (non-hydrogen) atoms. The second-order valence-corrected chi connectivity index (χ2v) is 4.40. The lowest BCUT2D eigenvalue weighted by Gasteiger charge is -2.09. The molecule has 0 aliphatic rings. The first-order chi connectivity index (χ1) is 9.34. The first kappa shape index (κ1) is 14.4. The largest absolute Gasteiger partial charge is 0.433 e. The van der Waals surface area contributed by atoms with Crippen LogP contribution in [0, 0.1) is 0 Å². The first-order valence-electron chi connectivity index (χ1n) is 5.51. The molecule has 1 aromatic heterocycles. The predicted molar refractivity (Wildman–Crippen MR) is 68.6 cm³/mol. The van der Waals surface area contributed by atoms with E-state index in [0.717, 1.165) is 5.56 Å². The van der Waals surface area contributed by atoms with Crippen LogP contribution in [0.25, 0.3) is 0 Å². The second kappa shape index (κ2) is 5.54. The number of nitrogens with zero attached hydrogens (tertiary/aromatic N) is 1. The first-order valence-corrected chi connectivity index (χ1v) is 5.89. The Morgan fingerprint density at radius 1 is 1.30 bits per heavy atom. The zero-order valence-electron chi connectivity index (χ0n) is 9.96. The summed E-state index contributed by atoms with van der Waals surface area (Å²) in [6, 6.07) is 7.19. The maximum absolute atomic E-state index is 12.5. The molecule has 106 valence electrons. The van der Waals surface area contributed by atoms with E-state index < -0.39 is 17.4 Å². The molecule has 8 heteroatoms. The van der Waals surface area contributed by atoms with E-state index in [1.54, 1.807) is 24.3 Å². The van der Waals surface area contributed by atoms with Gasteiger partial charge in [-0.1, -0.05) is 23.7 Å². The minimum absolute atomic E-state index is 0.185. The lowest BCUT2D eigenvalue weighted by atomic mass is 10.2. The number of benzene rings is 1. The Kier molecular flexibility index (Phi) is 3.99. The van der Waals surface area contributed by atoms with Crippen LogP contribution in [-0.2, 0) is 12.7 Å². The smallest absolute Gasteiger partial charge is 0.352 e. The summed E-state index contributed by atoms with van der Waals surface area (Å²) in [5.74, 6) is -0.246. The summed E-state index contributed by atoms with van der Waals surface area (Å²) >= 11 is 5.79.